The first kappa shape index (κ1) is 25.3. The third-order valence-corrected chi connectivity index (χ3v) is 4.60. The summed E-state index contributed by atoms with van der Waals surface area (Å²) in [7, 11) is 3.19. The second kappa shape index (κ2) is 11.5. The van der Waals surface area contributed by atoms with E-state index in [-0.39, 0.29) is 5.78 Å². The van der Waals surface area contributed by atoms with E-state index >= 15 is 0 Å². The van der Waals surface area contributed by atoms with Crippen LogP contribution in [0.5, 0.6) is 11.5 Å². The number of allylic oxidation sites excluding steroid dienone is 2. The summed E-state index contributed by atoms with van der Waals surface area (Å²) >= 11 is 0. The lowest BCUT2D eigenvalue weighted by molar-refractivity contribution is -0.120. The number of carbonyl (C=O) groups is 1. The van der Waals surface area contributed by atoms with Crippen LogP contribution in [-0.2, 0) is 4.79 Å². The van der Waals surface area contributed by atoms with E-state index in [1.54, 1.807) is 20.4 Å². The van der Waals surface area contributed by atoms with Gasteiger partial charge in [-0.25, -0.2) is 4.98 Å². The number of Topliss-reactive ketones (excluding diaryl/α,β-unsaturated/α-hetero) is 1. The van der Waals surface area contributed by atoms with Crippen molar-refractivity contribution in [3.8, 4) is 22.8 Å². The van der Waals surface area contributed by atoms with Crippen molar-refractivity contribution in [2.45, 2.75) is 61.3 Å². The first-order chi connectivity index (χ1) is 14.1. The molecular formula is C25H36N2O3. The second-order valence-corrected chi connectivity index (χ2v) is 8.04. The molecule has 0 unspecified atom stereocenters. The molecule has 164 valence electrons. The Bertz CT molecular complexity index is 878. The highest BCUT2D eigenvalue weighted by atomic mass is 16.5. The van der Waals surface area contributed by atoms with Gasteiger partial charge in [0.2, 0.25) is 0 Å². The van der Waals surface area contributed by atoms with Gasteiger partial charge in [0.25, 0.3) is 0 Å². The lowest BCUT2D eigenvalue weighted by Gasteiger charge is -2.19. The molecule has 0 fully saturated rings. The maximum atomic E-state index is 12.8. The van der Waals surface area contributed by atoms with E-state index < -0.39 is 5.41 Å². The summed E-state index contributed by atoms with van der Waals surface area (Å²) in [5.74, 6) is 1.31. The van der Waals surface area contributed by atoms with Crippen LogP contribution >= 0.6 is 0 Å². The van der Waals surface area contributed by atoms with Crippen LogP contribution in [0.1, 0.15) is 65.8 Å². The largest absolute Gasteiger partial charge is 0.493 e. The van der Waals surface area contributed by atoms with Crippen molar-refractivity contribution in [1.29, 1.82) is 0 Å². The lowest BCUT2D eigenvalue weighted by atomic mass is 9.84. The number of ketones is 1. The highest BCUT2D eigenvalue weighted by Gasteiger charge is 2.27. The highest BCUT2D eigenvalue weighted by Crippen LogP contribution is 2.33. The molecule has 0 N–H and O–H groups in total. The van der Waals surface area contributed by atoms with Crippen molar-refractivity contribution >= 4 is 11.4 Å². The molecule has 2 aromatic rings. The van der Waals surface area contributed by atoms with E-state index in [1.807, 2.05) is 58.9 Å². The van der Waals surface area contributed by atoms with Crippen molar-refractivity contribution in [2.75, 3.05) is 14.2 Å². The molecule has 0 aliphatic heterocycles. The minimum absolute atomic E-state index is 0.0434. The molecule has 0 bridgehead atoms. The van der Waals surface area contributed by atoms with Crippen molar-refractivity contribution in [2.24, 2.45) is 5.41 Å². The zero-order chi connectivity index (χ0) is 22.9. The number of ether oxygens (including phenoxy) is 2. The van der Waals surface area contributed by atoms with Crippen molar-refractivity contribution in [1.82, 2.24) is 9.97 Å². The number of unbranched alkanes of at least 4 members (excludes halogenated alkanes) is 1. The number of carbonyl (C=O) groups excluding carboxylic acids is 1. The van der Waals surface area contributed by atoms with E-state index in [2.05, 4.69) is 18.8 Å². The average Bonchev–Trinajstić information content (AvgIpc) is 2.74. The summed E-state index contributed by atoms with van der Waals surface area (Å²) in [4.78, 5) is 22.0. The van der Waals surface area contributed by atoms with Gasteiger partial charge in [0.1, 0.15) is 0 Å². The van der Waals surface area contributed by atoms with Gasteiger partial charge in [-0.3, -0.25) is 9.78 Å². The SMILES string of the molecule is C/C=C(/C(=O)C(C)(C)C)c1nc(-c2ccc(OC)c(OC)c2)cnc1C.CCCC. The Kier molecular flexibility index (Phi) is 9.70. The summed E-state index contributed by atoms with van der Waals surface area (Å²) in [5, 5.41) is 0. The van der Waals surface area contributed by atoms with Crippen LogP contribution in [0, 0.1) is 12.3 Å². The Morgan fingerprint density at radius 3 is 2.13 bits per heavy atom. The molecule has 5 nitrogen and oxygen atoms in total. The molecule has 0 spiro atoms. The van der Waals surface area contributed by atoms with Crippen LogP contribution in [0.25, 0.3) is 16.8 Å². The number of benzene rings is 1. The average molecular weight is 413 g/mol. The third kappa shape index (κ3) is 6.41. The molecule has 1 aromatic carbocycles. The molecule has 0 aliphatic rings. The topological polar surface area (TPSA) is 61.3 Å². The minimum Gasteiger partial charge on any atom is -0.493 e. The van der Waals surface area contributed by atoms with Gasteiger partial charge >= 0.3 is 0 Å². The second-order valence-electron chi connectivity index (χ2n) is 8.04. The van der Waals surface area contributed by atoms with Crippen LogP contribution in [0.4, 0.5) is 0 Å². The Hall–Kier alpha value is -2.69. The smallest absolute Gasteiger partial charge is 0.170 e. The number of aromatic nitrogens is 2. The summed E-state index contributed by atoms with van der Waals surface area (Å²) < 4.78 is 10.6. The highest BCUT2D eigenvalue weighted by molar-refractivity contribution is 6.22. The molecule has 1 aromatic heterocycles. The van der Waals surface area contributed by atoms with Gasteiger partial charge in [-0.1, -0.05) is 53.5 Å². The van der Waals surface area contributed by atoms with E-state index in [9.17, 15) is 4.79 Å². The number of hydrogen-bond acceptors (Lipinski definition) is 5. The molecular weight excluding hydrogens is 376 g/mol. The molecule has 0 atom stereocenters. The normalized spacial score (nSPS) is 11.4. The van der Waals surface area contributed by atoms with Crippen molar-refractivity contribution in [3.05, 3.63) is 41.9 Å². The molecule has 1 heterocycles. The van der Waals surface area contributed by atoms with Gasteiger partial charge < -0.3 is 9.47 Å². The molecule has 2 rings (SSSR count). The predicted octanol–water partition coefficient (Wildman–Crippen LogP) is 6.29. The molecule has 30 heavy (non-hydrogen) atoms. The summed E-state index contributed by atoms with van der Waals surface area (Å²) in [6.45, 7) is 13.8. The number of aryl methyl sites for hydroxylation is 1. The Morgan fingerprint density at radius 2 is 1.67 bits per heavy atom. The van der Waals surface area contributed by atoms with Crippen molar-refractivity contribution < 1.29 is 14.3 Å². The lowest BCUT2D eigenvalue weighted by Crippen LogP contribution is -2.22. The monoisotopic (exact) mass is 412 g/mol. The number of methoxy groups -OCH3 is 2. The summed E-state index contributed by atoms with van der Waals surface area (Å²) in [5.41, 5.74) is 2.95. The molecule has 0 radical (unpaired) electrons. The van der Waals surface area contributed by atoms with Gasteiger partial charge in [0.05, 0.1) is 37.5 Å². The molecule has 0 saturated heterocycles. The maximum absolute atomic E-state index is 12.8. The Labute approximate surface area is 181 Å². The fraction of sp³-hybridized carbons (Fsp3) is 0.480. The van der Waals surface area contributed by atoms with E-state index in [4.69, 9.17) is 14.5 Å². The maximum Gasteiger partial charge on any atom is 0.170 e. The molecule has 0 aliphatic carbocycles. The summed E-state index contributed by atoms with van der Waals surface area (Å²) in [6.07, 6.45) is 6.15. The number of rotatable bonds is 6. The van der Waals surface area contributed by atoms with Gasteiger partial charge in [-0.05, 0) is 32.0 Å². The van der Waals surface area contributed by atoms with Crippen LogP contribution < -0.4 is 9.47 Å². The van der Waals surface area contributed by atoms with Gasteiger partial charge in [-0.15, -0.1) is 0 Å². The number of nitrogens with zero attached hydrogens (tertiary/aromatic N) is 2. The molecule has 0 saturated carbocycles. The third-order valence-electron chi connectivity index (χ3n) is 4.60. The zero-order valence-corrected chi connectivity index (χ0v) is 19.9. The van der Waals surface area contributed by atoms with Gasteiger partial charge in [-0.2, -0.15) is 0 Å². The standard InChI is InChI=1S/C21H26N2O3.C4H10/c1-8-15(20(24)21(3,4)5)19-13(2)22-12-16(23-19)14-9-10-17(25-6)18(11-14)26-7;1-3-4-2/h8-12H,1-7H3;3-4H2,1-2H3/b15-8+;. The fourth-order valence-electron chi connectivity index (χ4n) is 2.62. The van der Waals surface area contributed by atoms with E-state index in [0.29, 0.717) is 28.5 Å². The van der Waals surface area contributed by atoms with Gasteiger partial charge in [0, 0.05) is 16.6 Å². The predicted molar refractivity (Wildman–Crippen MR) is 124 cm³/mol. The quantitative estimate of drug-likeness (QED) is 0.521. The minimum atomic E-state index is -0.491. The van der Waals surface area contributed by atoms with Crippen LogP contribution in [-0.4, -0.2) is 30.0 Å². The molecule has 0 amide bonds. The van der Waals surface area contributed by atoms with Crippen LogP contribution in [0.3, 0.4) is 0 Å². The van der Waals surface area contributed by atoms with Crippen LogP contribution in [0.15, 0.2) is 30.5 Å². The van der Waals surface area contributed by atoms with Crippen molar-refractivity contribution in [3.63, 3.8) is 0 Å². The van der Waals surface area contributed by atoms with E-state index in [1.165, 1.54) is 12.8 Å². The molecule has 5 heteroatoms. The zero-order valence-electron chi connectivity index (χ0n) is 19.9. The first-order valence-corrected chi connectivity index (χ1v) is 10.4. The van der Waals surface area contributed by atoms with E-state index in [0.717, 1.165) is 11.3 Å². The van der Waals surface area contributed by atoms with Gasteiger partial charge in [0.15, 0.2) is 17.3 Å². The fourth-order valence-corrected chi connectivity index (χ4v) is 2.62. The Balaban J connectivity index is 0.00000103. The summed E-state index contributed by atoms with van der Waals surface area (Å²) in [6, 6.07) is 5.57. The Morgan fingerprint density at radius 1 is 1.07 bits per heavy atom. The number of hydrogen-bond donors (Lipinski definition) is 0. The van der Waals surface area contributed by atoms with Crippen LogP contribution in [0.2, 0.25) is 0 Å². The first-order valence-electron chi connectivity index (χ1n) is 10.4.